The maximum absolute atomic E-state index is 5.95. The molecule has 0 atom stereocenters. The predicted molar refractivity (Wildman–Crippen MR) is 73.8 cm³/mol. The molecular formula is C14H21ClN2. The standard InChI is InChI=1S/C14H21ClN2/c1-13(2,3)11-4-5-12(16-8-11)17-10-14(9-15)6-7-14/h4-5,8H,6-7,9-10H2,1-3H3,(H,16,17). The van der Waals surface area contributed by atoms with Gasteiger partial charge in [-0.25, -0.2) is 4.98 Å². The number of hydrogen-bond donors (Lipinski definition) is 1. The van der Waals surface area contributed by atoms with Crippen molar-refractivity contribution in [3.63, 3.8) is 0 Å². The molecule has 1 aliphatic carbocycles. The van der Waals surface area contributed by atoms with Crippen LogP contribution in [0.3, 0.4) is 0 Å². The van der Waals surface area contributed by atoms with Crippen molar-refractivity contribution < 1.29 is 0 Å². The van der Waals surface area contributed by atoms with E-state index in [1.54, 1.807) is 0 Å². The highest BCUT2D eigenvalue weighted by Crippen LogP contribution is 2.46. The minimum Gasteiger partial charge on any atom is -0.369 e. The number of pyridine rings is 1. The minimum absolute atomic E-state index is 0.166. The molecule has 0 bridgehead atoms. The summed E-state index contributed by atoms with van der Waals surface area (Å²) in [5.41, 5.74) is 1.77. The van der Waals surface area contributed by atoms with Gasteiger partial charge in [-0.3, -0.25) is 0 Å². The van der Waals surface area contributed by atoms with Gasteiger partial charge in [0, 0.05) is 24.0 Å². The molecular weight excluding hydrogens is 232 g/mol. The summed E-state index contributed by atoms with van der Waals surface area (Å²) >= 11 is 5.95. The van der Waals surface area contributed by atoms with Gasteiger partial charge in [-0.1, -0.05) is 26.8 Å². The van der Waals surface area contributed by atoms with E-state index in [4.69, 9.17) is 11.6 Å². The Morgan fingerprint density at radius 1 is 1.35 bits per heavy atom. The molecule has 1 saturated carbocycles. The Labute approximate surface area is 109 Å². The highest BCUT2D eigenvalue weighted by molar-refractivity contribution is 6.18. The summed E-state index contributed by atoms with van der Waals surface area (Å²) in [4.78, 5) is 4.46. The average Bonchev–Trinajstić information content (AvgIpc) is 3.06. The number of rotatable bonds is 4. The fourth-order valence-corrected chi connectivity index (χ4v) is 2.12. The Kier molecular flexibility index (Phi) is 3.35. The molecule has 1 N–H and O–H groups in total. The molecule has 2 rings (SSSR count). The van der Waals surface area contributed by atoms with Crippen LogP contribution in [0.1, 0.15) is 39.2 Å². The molecule has 1 aliphatic rings. The highest BCUT2D eigenvalue weighted by Gasteiger charge is 2.41. The van der Waals surface area contributed by atoms with Gasteiger partial charge in [0.1, 0.15) is 5.82 Å². The van der Waals surface area contributed by atoms with Crippen LogP contribution in [0.2, 0.25) is 0 Å². The number of hydrogen-bond acceptors (Lipinski definition) is 2. The Balaban J connectivity index is 1.94. The van der Waals surface area contributed by atoms with Crippen molar-refractivity contribution in [1.82, 2.24) is 4.98 Å². The van der Waals surface area contributed by atoms with Crippen LogP contribution in [-0.2, 0) is 5.41 Å². The molecule has 3 heteroatoms. The second-order valence-electron chi connectivity index (χ2n) is 6.17. The lowest BCUT2D eigenvalue weighted by atomic mass is 9.88. The van der Waals surface area contributed by atoms with Crippen LogP contribution < -0.4 is 5.32 Å². The zero-order chi connectivity index (χ0) is 12.5. The fourth-order valence-electron chi connectivity index (χ4n) is 1.75. The molecule has 0 amide bonds. The van der Waals surface area contributed by atoms with Crippen molar-refractivity contribution in [3.8, 4) is 0 Å². The number of nitrogens with one attached hydrogen (secondary N) is 1. The molecule has 0 aliphatic heterocycles. The zero-order valence-electron chi connectivity index (χ0n) is 10.9. The third-order valence-electron chi connectivity index (χ3n) is 3.51. The largest absolute Gasteiger partial charge is 0.369 e. The Morgan fingerprint density at radius 3 is 2.47 bits per heavy atom. The lowest BCUT2D eigenvalue weighted by Gasteiger charge is -2.19. The Morgan fingerprint density at radius 2 is 2.06 bits per heavy atom. The quantitative estimate of drug-likeness (QED) is 0.825. The third kappa shape index (κ3) is 3.12. The second-order valence-corrected chi connectivity index (χ2v) is 6.44. The Hall–Kier alpha value is -0.760. The van der Waals surface area contributed by atoms with Gasteiger partial charge in [-0.2, -0.15) is 0 Å². The van der Waals surface area contributed by atoms with Gasteiger partial charge in [0.2, 0.25) is 0 Å². The smallest absolute Gasteiger partial charge is 0.125 e. The average molecular weight is 253 g/mol. The van der Waals surface area contributed by atoms with Crippen LogP contribution in [0, 0.1) is 5.41 Å². The molecule has 94 valence electrons. The summed E-state index contributed by atoms with van der Waals surface area (Å²) in [6.45, 7) is 7.54. The number of alkyl halides is 1. The maximum atomic E-state index is 5.95. The summed E-state index contributed by atoms with van der Waals surface area (Å²) in [6.07, 6.45) is 4.44. The van der Waals surface area contributed by atoms with Crippen LogP contribution in [0.25, 0.3) is 0 Å². The molecule has 1 aromatic rings. The van der Waals surface area contributed by atoms with Gasteiger partial charge in [-0.05, 0) is 29.9 Å². The molecule has 1 aromatic heterocycles. The summed E-state index contributed by atoms with van der Waals surface area (Å²) in [7, 11) is 0. The van der Waals surface area contributed by atoms with E-state index in [9.17, 15) is 0 Å². The lowest BCUT2D eigenvalue weighted by Crippen LogP contribution is -2.18. The molecule has 0 radical (unpaired) electrons. The van der Waals surface area contributed by atoms with E-state index < -0.39 is 0 Å². The summed E-state index contributed by atoms with van der Waals surface area (Å²) < 4.78 is 0. The van der Waals surface area contributed by atoms with Crippen LogP contribution in [-0.4, -0.2) is 17.4 Å². The van der Waals surface area contributed by atoms with Gasteiger partial charge in [0.05, 0.1) is 0 Å². The molecule has 0 saturated heterocycles. The molecule has 0 aromatic carbocycles. The van der Waals surface area contributed by atoms with E-state index in [0.717, 1.165) is 18.2 Å². The van der Waals surface area contributed by atoms with Crippen molar-refractivity contribution >= 4 is 17.4 Å². The highest BCUT2D eigenvalue weighted by atomic mass is 35.5. The topological polar surface area (TPSA) is 24.9 Å². The van der Waals surface area contributed by atoms with E-state index in [0.29, 0.717) is 5.41 Å². The first kappa shape index (κ1) is 12.7. The molecule has 0 unspecified atom stereocenters. The number of anilines is 1. The lowest BCUT2D eigenvalue weighted by molar-refractivity contribution is 0.587. The molecule has 2 nitrogen and oxygen atoms in total. The molecule has 1 heterocycles. The van der Waals surface area contributed by atoms with E-state index in [2.05, 4.69) is 43.2 Å². The first-order chi connectivity index (χ1) is 7.95. The van der Waals surface area contributed by atoms with Crippen molar-refractivity contribution in [1.29, 1.82) is 0 Å². The van der Waals surface area contributed by atoms with Gasteiger partial charge in [0.25, 0.3) is 0 Å². The number of halogens is 1. The maximum Gasteiger partial charge on any atom is 0.125 e. The Bertz CT molecular complexity index is 374. The van der Waals surface area contributed by atoms with E-state index in [1.165, 1.54) is 18.4 Å². The number of aromatic nitrogens is 1. The first-order valence-corrected chi connectivity index (χ1v) is 6.75. The van der Waals surface area contributed by atoms with E-state index in [-0.39, 0.29) is 5.41 Å². The van der Waals surface area contributed by atoms with Crippen molar-refractivity contribution in [2.45, 2.75) is 39.0 Å². The van der Waals surface area contributed by atoms with Crippen molar-refractivity contribution in [2.24, 2.45) is 5.41 Å². The van der Waals surface area contributed by atoms with E-state index >= 15 is 0 Å². The fraction of sp³-hybridized carbons (Fsp3) is 0.643. The van der Waals surface area contributed by atoms with Crippen LogP contribution in [0.4, 0.5) is 5.82 Å². The molecule has 1 fully saturated rings. The van der Waals surface area contributed by atoms with Crippen molar-refractivity contribution in [2.75, 3.05) is 17.7 Å². The first-order valence-electron chi connectivity index (χ1n) is 6.22. The molecule has 0 spiro atoms. The van der Waals surface area contributed by atoms with Gasteiger partial charge in [0.15, 0.2) is 0 Å². The summed E-state index contributed by atoms with van der Waals surface area (Å²) in [5, 5.41) is 3.38. The predicted octanol–water partition coefficient (Wildman–Crippen LogP) is 3.81. The normalized spacial score (nSPS) is 17.9. The minimum atomic E-state index is 0.166. The summed E-state index contributed by atoms with van der Waals surface area (Å²) in [5.74, 6) is 1.70. The van der Waals surface area contributed by atoms with Gasteiger partial charge < -0.3 is 5.32 Å². The van der Waals surface area contributed by atoms with Crippen molar-refractivity contribution in [3.05, 3.63) is 23.9 Å². The number of nitrogens with zero attached hydrogens (tertiary/aromatic N) is 1. The zero-order valence-corrected chi connectivity index (χ0v) is 11.6. The van der Waals surface area contributed by atoms with Gasteiger partial charge >= 0.3 is 0 Å². The van der Waals surface area contributed by atoms with E-state index in [1.807, 2.05) is 6.20 Å². The summed E-state index contributed by atoms with van der Waals surface area (Å²) in [6, 6.07) is 4.21. The van der Waals surface area contributed by atoms with Crippen LogP contribution in [0.5, 0.6) is 0 Å². The molecule has 17 heavy (non-hydrogen) atoms. The monoisotopic (exact) mass is 252 g/mol. The van der Waals surface area contributed by atoms with Crippen LogP contribution in [0.15, 0.2) is 18.3 Å². The second kappa shape index (κ2) is 4.49. The van der Waals surface area contributed by atoms with Crippen LogP contribution >= 0.6 is 11.6 Å². The van der Waals surface area contributed by atoms with Gasteiger partial charge in [-0.15, -0.1) is 11.6 Å². The SMILES string of the molecule is CC(C)(C)c1ccc(NCC2(CCl)CC2)nc1. The third-order valence-corrected chi connectivity index (χ3v) is 4.08.